The molecule has 7 nitrogen and oxygen atoms in total. The fourth-order valence-electron chi connectivity index (χ4n) is 3.20. The SMILES string of the molecule is CC(C)(C)c1ccc(-c2ccc3c(c2)oc2cc(S(=O)[O-])ccc23)o1.CC(C)C(N)C(=O)O. The molecule has 4 rings (SSSR count). The van der Waals surface area contributed by atoms with Crippen molar-refractivity contribution in [3.05, 3.63) is 54.3 Å². The second kappa shape index (κ2) is 9.51. The quantitative estimate of drug-likeness (QED) is 0.380. The minimum atomic E-state index is -2.27. The van der Waals surface area contributed by atoms with Crippen molar-refractivity contribution in [1.82, 2.24) is 0 Å². The van der Waals surface area contributed by atoms with Gasteiger partial charge >= 0.3 is 5.97 Å². The number of furan rings is 2. The Morgan fingerprint density at radius 3 is 2.09 bits per heavy atom. The monoisotopic (exact) mass is 470 g/mol. The highest BCUT2D eigenvalue weighted by Crippen LogP contribution is 2.35. The Kier molecular flexibility index (Phi) is 7.11. The smallest absolute Gasteiger partial charge is 0.320 e. The molecular weight excluding hydrogens is 442 g/mol. The molecule has 0 saturated heterocycles. The summed E-state index contributed by atoms with van der Waals surface area (Å²) in [5.41, 5.74) is 7.30. The fraction of sp³-hybridized carbons (Fsp3) is 0.320. The van der Waals surface area contributed by atoms with E-state index in [1.165, 1.54) is 0 Å². The summed E-state index contributed by atoms with van der Waals surface area (Å²) < 4.78 is 34.1. The maximum Gasteiger partial charge on any atom is 0.320 e. The van der Waals surface area contributed by atoms with E-state index in [2.05, 4.69) is 20.8 Å². The Morgan fingerprint density at radius 2 is 1.61 bits per heavy atom. The van der Waals surface area contributed by atoms with Gasteiger partial charge in [0.15, 0.2) is 0 Å². The van der Waals surface area contributed by atoms with Crippen molar-refractivity contribution in [1.29, 1.82) is 0 Å². The predicted molar refractivity (Wildman–Crippen MR) is 128 cm³/mol. The maximum atomic E-state index is 11.1. The third kappa shape index (κ3) is 5.52. The number of carbonyl (C=O) groups is 1. The highest BCUT2D eigenvalue weighted by Gasteiger charge is 2.19. The molecule has 3 N–H and O–H groups in total. The van der Waals surface area contributed by atoms with Crippen LogP contribution in [0, 0.1) is 5.92 Å². The summed E-state index contributed by atoms with van der Waals surface area (Å²) in [4.78, 5) is 10.2. The normalized spacial score (nSPS) is 13.7. The van der Waals surface area contributed by atoms with Crippen LogP contribution in [0.25, 0.3) is 33.3 Å². The molecule has 2 aromatic carbocycles. The van der Waals surface area contributed by atoms with Gasteiger partial charge in [-0.3, -0.25) is 9.00 Å². The van der Waals surface area contributed by atoms with Crippen LogP contribution < -0.4 is 5.73 Å². The molecule has 0 saturated carbocycles. The van der Waals surface area contributed by atoms with Gasteiger partial charge in [0.25, 0.3) is 0 Å². The zero-order valence-electron chi connectivity index (χ0n) is 19.2. The third-order valence-corrected chi connectivity index (χ3v) is 5.91. The zero-order chi connectivity index (χ0) is 24.5. The predicted octanol–water partition coefficient (Wildman–Crippen LogP) is 5.44. The minimum absolute atomic E-state index is 0.0208. The van der Waals surface area contributed by atoms with Crippen LogP contribution in [0.2, 0.25) is 0 Å². The molecule has 0 amide bonds. The Balaban J connectivity index is 0.000000331. The summed E-state index contributed by atoms with van der Waals surface area (Å²) in [7, 11) is 0. The van der Waals surface area contributed by atoms with Crippen molar-refractivity contribution in [3.63, 3.8) is 0 Å². The van der Waals surface area contributed by atoms with E-state index in [-0.39, 0.29) is 16.2 Å². The van der Waals surface area contributed by atoms with Crippen LogP contribution in [0.1, 0.15) is 40.4 Å². The van der Waals surface area contributed by atoms with Crippen LogP contribution >= 0.6 is 0 Å². The Labute approximate surface area is 194 Å². The first-order valence-electron chi connectivity index (χ1n) is 10.5. The molecule has 0 bridgehead atoms. The van der Waals surface area contributed by atoms with Gasteiger partial charge in [-0.2, -0.15) is 0 Å². The minimum Gasteiger partial charge on any atom is -0.768 e. The number of hydrogen-bond donors (Lipinski definition) is 2. The van der Waals surface area contributed by atoms with Gasteiger partial charge in [0, 0.05) is 26.6 Å². The van der Waals surface area contributed by atoms with Gasteiger partial charge in [0.1, 0.15) is 28.7 Å². The van der Waals surface area contributed by atoms with Crippen molar-refractivity contribution in [2.45, 2.75) is 51.0 Å². The molecule has 0 spiro atoms. The lowest BCUT2D eigenvalue weighted by molar-refractivity contribution is -0.139. The van der Waals surface area contributed by atoms with E-state index in [1.54, 1.807) is 32.0 Å². The van der Waals surface area contributed by atoms with E-state index in [0.29, 0.717) is 11.2 Å². The van der Waals surface area contributed by atoms with E-state index in [0.717, 1.165) is 27.9 Å². The van der Waals surface area contributed by atoms with E-state index >= 15 is 0 Å². The molecule has 0 aliphatic heterocycles. The molecule has 33 heavy (non-hydrogen) atoms. The van der Waals surface area contributed by atoms with E-state index in [4.69, 9.17) is 19.7 Å². The molecule has 0 aliphatic rings. The number of carboxylic acids is 1. The molecule has 0 radical (unpaired) electrons. The number of carboxylic acid groups (broad SMARTS) is 1. The number of benzene rings is 2. The van der Waals surface area contributed by atoms with Crippen molar-refractivity contribution in [2.75, 3.05) is 0 Å². The topological polar surface area (TPSA) is 130 Å². The van der Waals surface area contributed by atoms with Crippen LogP contribution in [0.3, 0.4) is 0 Å². The van der Waals surface area contributed by atoms with E-state index < -0.39 is 23.1 Å². The van der Waals surface area contributed by atoms with Crippen molar-refractivity contribution in [3.8, 4) is 11.3 Å². The molecule has 4 aromatic rings. The van der Waals surface area contributed by atoms with Crippen molar-refractivity contribution in [2.24, 2.45) is 11.7 Å². The molecule has 0 aliphatic carbocycles. The number of hydrogen-bond acceptors (Lipinski definition) is 6. The molecule has 2 aromatic heterocycles. The van der Waals surface area contributed by atoms with Gasteiger partial charge in [-0.1, -0.05) is 40.7 Å². The summed E-state index contributed by atoms with van der Waals surface area (Å²) in [6.45, 7) is 9.87. The fourth-order valence-corrected chi connectivity index (χ4v) is 3.58. The van der Waals surface area contributed by atoms with Crippen LogP contribution in [0.5, 0.6) is 0 Å². The van der Waals surface area contributed by atoms with Gasteiger partial charge in [-0.05, 0) is 59.5 Å². The third-order valence-electron chi connectivity index (χ3n) is 5.27. The Bertz CT molecular complexity index is 1310. The van der Waals surface area contributed by atoms with Gasteiger partial charge < -0.3 is 24.2 Å². The summed E-state index contributed by atoms with van der Waals surface area (Å²) in [6.07, 6.45) is 0. The Morgan fingerprint density at radius 1 is 1.00 bits per heavy atom. The van der Waals surface area contributed by atoms with E-state index in [1.807, 2.05) is 30.3 Å². The molecule has 2 unspecified atom stereocenters. The highest BCUT2D eigenvalue weighted by molar-refractivity contribution is 7.79. The zero-order valence-corrected chi connectivity index (χ0v) is 20.1. The second-order valence-electron chi connectivity index (χ2n) is 9.23. The first-order valence-corrected chi connectivity index (χ1v) is 11.6. The second-order valence-corrected chi connectivity index (χ2v) is 10.2. The molecule has 2 atom stereocenters. The van der Waals surface area contributed by atoms with Crippen LogP contribution in [0.4, 0.5) is 0 Å². The van der Waals surface area contributed by atoms with Gasteiger partial charge in [-0.25, -0.2) is 0 Å². The van der Waals surface area contributed by atoms with Gasteiger partial charge in [0.05, 0.1) is 0 Å². The lowest BCUT2D eigenvalue weighted by Gasteiger charge is -2.14. The largest absolute Gasteiger partial charge is 0.768 e. The number of rotatable bonds is 4. The average molecular weight is 471 g/mol. The average Bonchev–Trinajstić information content (AvgIpc) is 3.37. The number of fused-ring (bicyclic) bond motifs is 3. The van der Waals surface area contributed by atoms with E-state index in [9.17, 15) is 13.6 Å². The first kappa shape index (κ1) is 24.7. The highest BCUT2D eigenvalue weighted by atomic mass is 32.2. The molecule has 8 heteroatoms. The number of nitrogens with two attached hydrogens (primary N) is 1. The van der Waals surface area contributed by atoms with Gasteiger partial charge in [-0.15, -0.1) is 0 Å². The van der Waals surface area contributed by atoms with Crippen LogP contribution in [0.15, 0.2) is 62.3 Å². The van der Waals surface area contributed by atoms with Gasteiger partial charge in [0.2, 0.25) is 0 Å². The standard InChI is InChI=1S/C20H18O4S.C5H11NO2/c1-20(2,3)19-9-8-16(24-19)12-4-6-14-15-7-5-13(25(21)22)11-18(15)23-17(14)10-12;1-3(2)4(6)5(7)8/h4-11H,1-3H3,(H,21,22);3-4H,6H2,1-2H3,(H,7,8)/p-1. The molecular formula is C25H28NO6S-. The summed E-state index contributed by atoms with van der Waals surface area (Å²) in [5, 5.41) is 10.1. The lowest BCUT2D eigenvalue weighted by Crippen LogP contribution is -2.34. The van der Waals surface area contributed by atoms with Crippen molar-refractivity contribution < 1.29 is 27.5 Å². The summed E-state index contributed by atoms with van der Waals surface area (Å²) in [6, 6.07) is 14.0. The summed E-state index contributed by atoms with van der Waals surface area (Å²) >= 11 is -2.27. The van der Waals surface area contributed by atoms with Crippen LogP contribution in [-0.2, 0) is 21.3 Å². The summed E-state index contributed by atoms with van der Waals surface area (Å²) in [5.74, 6) is 0.802. The first-order chi connectivity index (χ1) is 15.4. The molecule has 2 heterocycles. The molecule has 0 fully saturated rings. The Hall–Kier alpha value is -2.94. The number of aliphatic carboxylic acids is 1. The van der Waals surface area contributed by atoms with Crippen molar-refractivity contribution >= 4 is 39.0 Å². The molecule has 176 valence electrons. The van der Waals surface area contributed by atoms with Crippen LogP contribution in [-0.4, -0.2) is 25.9 Å². The maximum absolute atomic E-state index is 11.1. The lowest BCUT2D eigenvalue weighted by atomic mass is 9.94.